The topological polar surface area (TPSA) is 71.8 Å². The van der Waals surface area contributed by atoms with Crippen LogP contribution in [0.4, 0.5) is 26.3 Å². The molecule has 202 valence electrons. The Hall–Kier alpha value is -2.66. The number of sulfonamides is 1. The van der Waals surface area contributed by atoms with Crippen LogP contribution in [0, 0.1) is 6.57 Å². The minimum atomic E-state index is -4.98. The molecule has 0 spiro atoms. The van der Waals surface area contributed by atoms with E-state index in [0.29, 0.717) is 17.7 Å². The molecule has 1 heterocycles. The third-order valence-electron chi connectivity index (χ3n) is 6.26. The van der Waals surface area contributed by atoms with Gasteiger partial charge in [0.25, 0.3) is 0 Å². The molecular weight excluding hydrogens is 524 g/mol. The van der Waals surface area contributed by atoms with E-state index < -0.39 is 50.8 Å². The molecule has 2 N–H and O–H groups in total. The van der Waals surface area contributed by atoms with Crippen LogP contribution in [0.25, 0.3) is 4.85 Å². The maximum Gasteiger partial charge on any atom is 0.416 e. The summed E-state index contributed by atoms with van der Waals surface area (Å²) in [7, 11) is -3.71. The summed E-state index contributed by atoms with van der Waals surface area (Å²) in [5.41, 5.74) is -4.88. The highest BCUT2D eigenvalue weighted by atomic mass is 32.2. The Morgan fingerprint density at radius 2 is 1.62 bits per heavy atom. The van der Waals surface area contributed by atoms with Gasteiger partial charge in [0, 0.05) is 6.42 Å². The maximum absolute atomic E-state index is 13.3. The summed E-state index contributed by atoms with van der Waals surface area (Å²) in [5, 5.41) is 3.17. The highest BCUT2D eigenvalue weighted by Crippen LogP contribution is 2.40. The van der Waals surface area contributed by atoms with Crippen LogP contribution in [0.2, 0.25) is 0 Å². The van der Waals surface area contributed by atoms with Gasteiger partial charge in [0.15, 0.2) is 0 Å². The van der Waals surface area contributed by atoms with Crippen molar-refractivity contribution < 1.29 is 39.5 Å². The standard InChI is InChI=1S/C24H25F6N3O3S/c1-16(17-11-19(23(25,26)27)13-20(12-17)24(28,29)30)36-15-21(18-7-5-4-6-8-18)9-10-22(31-2,14-32-21)33-37(3,34)35/h4-8,11-13,16,32-33H,9-10,14-15H2,1,3H3/t16-,21-,22-/m1/s1. The van der Waals surface area contributed by atoms with Crippen molar-refractivity contribution in [2.24, 2.45) is 0 Å². The number of alkyl halides is 6. The van der Waals surface area contributed by atoms with Gasteiger partial charge >= 0.3 is 18.0 Å². The van der Waals surface area contributed by atoms with Gasteiger partial charge in [0.05, 0.1) is 42.2 Å². The number of nitrogens with one attached hydrogen (secondary N) is 2. The molecule has 0 radical (unpaired) electrons. The number of benzene rings is 2. The van der Waals surface area contributed by atoms with E-state index in [1.54, 1.807) is 30.3 Å². The lowest BCUT2D eigenvalue weighted by atomic mass is 9.80. The molecule has 3 rings (SSSR count). The van der Waals surface area contributed by atoms with Crippen molar-refractivity contribution in [3.8, 4) is 0 Å². The fourth-order valence-corrected chi connectivity index (χ4v) is 5.16. The lowest BCUT2D eigenvalue weighted by Crippen LogP contribution is -2.62. The van der Waals surface area contributed by atoms with Gasteiger partial charge in [-0.2, -0.15) is 26.3 Å². The molecule has 13 heteroatoms. The first-order valence-electron chi connectivity index (χ1n) is 11.1. The molecular formula is C24H25F6N3O3S. The average Bonchev–Trinajstić information content (AvgIpc) is 2.82. The minimum Gasteiger partial charge on any atom is -0.372 e. The first kappa shape index (κ1) is 28.9. The zero-order valence-electron chi connectivity index (χ0n) is 19.9. The number of hydrogen-bond acceptors (Lipinski definition) is 4. The van der Waals surface area contributed by atoms with Crippen LogP contribution in [0.3, 0.4) is 0 Å². The summed E-state index contributed by atoms with van der Waals surface area (Å²) in [6, 6.07) is 10.1. The second-order valence-corrected chi connectivity index (χ2v) is 10.9. The van der Waals surface area contributed by atoms with Crippen molar-refractivity contribution in [3.05, 3.63) is 82.2 Å². The van der Waals surface area contributed by atoms with Crippen LogP contribution in [0.5, 0.6) is 0 Å². The van der Waals surface area contributed by atoms with Gasteiger partial charge in [0.2, 0.25) is 10.0 Å². The zero-order valence-corrected chi connectivity index (χ0v) is 20.7. The number of ether oxygens (including phenoxy) is 1. The molecule has 2 aromatic carbocycles. The Balaban J connectivity index is 1.90. The molecule has 0 unspecified atom stereocenters. The van der Waals surface area contributed by atoms with E-state index >= 15 is 0 Å². The van der Waals surface area contributed by atoms with Crippen LogP contribution in [-0.2, 0) is 32.7 Å². The van der Waals surface area contributed by atoms with Gasteiger partial charge in [-0.25, -0.2) is 15.0 Å². The Labute approximate surface area is 210 Å². The minimum absolute atomic E-state index is 0.0586. The Bertz CT molecular complexity index is 1220. The summed E-state index contributed by atoms with van der Waals surface area (Å²) >= 11 is 0. The first-order valence-corrected chi connectivity index (χ1v) is 13.0. The summed E-state index contributed by atoms with van der Waals surface area (Å²) in [5.74, 6) is 0. The number of rotatable bonds is 7. The summed E-state index contributed by atoms with van der Waals surface area (Å²) in [6.45, 7) is 8.62. The first-order chi connectivity index (χ1) is 17.0. The molecule has 1 aliphatic heterocycles. The molecule has 37 heavy (non-hydrogen) atoms. The van der Waals surface area contributed by atoms with Crippen molar-refractivity contribution in [1.29, 1.82) is 0 Å². The van der Waals surface area contributed by atoms with Gasteiger partial charge in [-0.1, -0.05) is 30.3 Å². The average molecular weight is 550 g/mol. The van der Waals surface area contributed by atoms with Crippen LogP contribution < -0.4 is 10.0 Å². The van der Waals surface area contributed by atoms with Crippen LogP contribution in [0.15, 0.2) is 48.5 Å². The fourth-order valence-electron chi connectivity index (χ4n) is 4.25. The zero-order chi connectivity index (χ0) is 27.7. The van der Waals surface area contributed by atoms with Gasteiger partial charge in [-0.15, -0.1) is 4.72 Å². The van der Waals surface area contributed by atoms with Crippen molar-refractivity contribution in [1.82, 2.24) is 10.0 Å². The third-order valence-corrected chi connectivity index (χ3v) is 7.01. The van der Waals surface area contributed by atoms with E-state index in [4.69, 9.17) is 11.3 Å². The SMILES string of the molecule is [C-]#[N+][C@@]1(NS(C)(=O)=O)CC[C@@](CO[C@H](C)c2cc(C(F)(F)F)cc(C(F)(F)F)c2)(c2ccccc2)NC1. The lowest BCUT2D eigenvalue weighted by molar-refractivity contribution is -0.143. The molecule has 0 bridgehead atoms. The number of halogens is 6. The smallest absolute Gasteiger partial charge is 0.372 e. The van der Waals surface area contributed by atoms with Gasteiger partial charge < -0.3 is 4.74 Å². The molecule has 6 nitrogen and oxygen atoms in total. The highest BCUT2D eigenvalue weighted by Gasteiger charge is 2.49. The van der Waals surface area contributed by atoms with E-state index in [-0.39, 0.29) is 37.6 Å². The maximum atomic E-state index is 13.3. The van der Waals surface area contributed by atoms with Gasteiger partial charge in [-0.3, -0.25) is 10.2 Å². The highest BCUT2D eigenvalue weighted by molar-refractivity contribution is 7.88. The Morgan fingerprint density at radius 3 is 2.05 bits per heavy atom. The summed E-state index contributed by atoms with van der Waals surface area (Å²) in [6.07, 6.45) is -9.89. The van der Waals surface area contributed by atoms with Crippen LogP contribution >= 0.6 is 0 Å². The second kappa shape index (κ2) is 10.2. The molecule has 0 amide bonds. The van der Waals surface area contributed by atoms with Gasteiger partial charge in [-0.05, 0) is 42.7 Å². The van der Waals surface area contributed by atoms with Crippen LogP contribution in [-0.4, -0.2) is 33.5 Å². The molecule has 0 aliphatic carbocycles. The monoisotopic (exact) mass is 549 g/mol. The quantitative estimate of drug-likeness (QED) is 0.366. The van der Waals surface area contributed by atoms with E-state index in [2.05, 4.69) is 14.9 Å². The number of nitrogens with zero attached hydrogens (tertiary/aromatic N) is 1. The lowest BCUT2D eigenvalue weighted by Gasteiger charge is -2.42. The Morgan fingerprint density at radius 1 is 1.05 bits per heavy atom. The molecule has 1 saturated heterocycles. The third kappa shape index (κ3) is 7.01. The number of piperidine rings is 1. The van der Waals surface area contributed by atoms with Crippen molar-refractivity contribution in [2.75, 3.05) is 19.4 Å². The van der Waals surface area contributed by atoms with Crippen molar-refractivity contribution in [2.45, 2.75) is 49.4 Å². The van der Waals surface area contributed by atoms with Crippen molar-refractivity contribution >= 4 is 10.0 Å². The molecule has 1 aliphatic rings. The molecule has 3 atom stereocenters. The normalized spacial score (nSPS) is 23.9. The summed E-state index contributed by atoms with van der Waals surface area (Å²) in [4.78, 5) is 3.48. The summed E-state index contributed by atoms with van der Waals surface area (Å²) < 4.78 is 112. The molecule has 0 saturated carbocycles. The van der Waals surface area contributed by atoms with Crippen molar-refractivity contribution in [3.63, 3.8) is 0 Å². The predicted molar refractivity (Wildman–Crippen MR) is 123 cm³/mol. The van der Waals surface area contributed by atoms with E-state index in [0.717, 1.165) is 6.26 Å². The van der Waals surface area contributed by atoms with E-state index in [1.807, 2.05) is 0 Å². The Kier molecular flexibility index (Phi) is 8.00. The molecule has 2 aromatic rings. The van der Waals surface area contributed by atoms with Gasteiger partial charge in [0.1, 0.15) is 0 Å². The molecule has 0 aromatic heterocycles. The fraction of sp³-hybridized carbons (Fsp3) is 0.458. The second-order valence-electron chi connectivity index (χ2n) is 9.11. The largest absolute Gasteiger partial charge is 0.416 e. The molecule has 1 fully saturated rings. The van der Waals surface area contributed by atoms with E-state index in [1.165, 1.54) is 6.92 Å². The van der Waals surface area contributed by atoms with Crippen LogP contribution in [0.1, 0.15) is 48.1 Å². The number of hydrogen-bond donors (Lipinski definition) is 2. The predicted octanol–water partition coefficient (Wildman–Crippen LogP) is 5.25. The van der Waals surface area contributed by atoms with E-state index in [9.17, 15) is 34.8 Å².